The first-order valence-electron chi connectivity index (χ1n) is 9.59. The van der Waals surface area contributed by atoms with Gasteiger partial charge in [-0.15, -0.1) is 0 Å². The van der Waals surface area contributed by atoms with E-state index in [0.717, 1.165) is 5.56 Å². The third kappa shape index (κ3) is 6.12. The van der Waals surface area contributed by atoms with E-state index in [1.165, 1.54) is 12.1 Å². The van der Waals surface area contributed by atoms with Crippen LogP contribution < -0.4 is 4.74 Å². The summed E-state index contributed by atoms with van der Waals surface area (Å²) in [5.41, 5.74) is 1.49. The molecule has 158 valence electrons. The van der Waals surface area contributed by atoms with Crippen LogP contribution in [0.5, 0.6) is 5.75 Å². The number of aliphatic carboxylic acids is 1. The molecule has 8 heteroatoms. The lowest BCUT2D eigenvalue weighted by Gasteiger charge is -2.16. The monoisotopic (exact) mass is 414 g/mol. The van der Waals surface area contributed by atoms with Crippen LogP contribution in [0.1, 0.15) is 25.2 Å². The molecule has 30 heavy (non-hydrogen) atoms. The number of ether oxygens (including phenoxy) is 2. The molecule has 0 fully saturated rings. The Morgan fingerprint density at radius 2 is 1.83 bits per heavy atom. The molecule has 0 saturated heterocycles. The minimum absolute atomic E-state index is 0.164. The molecule has 7 nitrogen and oxygen atoms in total. The van der Waals surface area contributed by atoms with Crippen molar-refractivity contribution in [1.29, 1.82) is 0 Å². The molecule has 2 aromatic carbocycles. The van der Waals surface area contributed by atoms with Crippen molar-refractivity contribution >= 4 is 5.97 Å². The molecule has 0 radical (unpaired) electrons. The number of benzene rings is 2. The van der Waals surface area contributed by atoms with Gasteiger partial charge in [-0.25, -0.2) is 9.18 Å². The fraction of sp³-hybridized carbons (Fsp3) is 0.318. The summed E-state index contributed by atoms with van der Waals surface area (Å²) in [4.78, 5) is 15.6. The number of rotatable bonds is 10. The molecule has 0 aliphatic carbocycles. The molecule has 0 spiro atoms. The van der Waals surface area contributed by atoms with Gasteiger partial charge in [0.15, 0.2) is 11.9 Å². The standard InChI is InChI=1S/C22H23FN2O5/c1-14(2)29-19(22(26)27)13-15-3-9-18(10-4-15)28-12-11-20-24-21(30-25-20)16-5-7-17(23)8-6-16/h3-10,14,19H,11-13H2,1-2H3,(H,26,27). The van der Waals surface area contributed by atoms with Gasteiger partial charge in [-0.2, -0.15) is 4.98 Å². The van der Waals surface area contributed by atoms with E-state index in [9.17, 15) is 14.3 Å². The predicted molar refractivity (Wildman–Crippen MR) is 107 cm³/mol. The number of hydrogen-bond donors (Lipinski definition) is 1. The fourth-order valence-corrected chi connectivity index (χ4v) is 2.78. The van der Waals surface area contributed by atoms with Crippen LogP contribution in [0, 0.1) is 5.82 Å². The Morgan fingerprint density at radius 3 is 2.47 bits per heavy atom. The summed E-state index contributed by atoms with van der Waals surface area (Å²) in [6, 6.07) is 13.0. The zero-order chi connectivity index (χ0) is 21.5. The Bertz CT molecular complexity index is 954. The zero-order valence-corrected chi connectivity index (χ0v) is 16.7. The molecule has 3 aromatic rings. The van der Waals surface area contributed by atoms with Gasteiger partial charge >= 0.3 is 5.97 Å². The summed E-state index contributed by atoms with van der Waals surface area (Å²) >= 11 is 0. The SMILES string of the molecule is CC(C)OC(Cc1ccc(OCCc2noc(-c3ccc(F)cc3)n2)cc1)C(=O)O. The third-order valence-corrected chi connectivity index (χ3v) is 4.21. The molecule has 0 saturated carbocycles. The van der Waals surface area contributed by atoms with Gasteiger partial charge in [0.2, 0.25) is 0 Å². The Hall–Kier alpha value is -3.26. The van der Waals surface area contributed by atoms with Gasteiger partial charge in [0, 0.05) is 18.4 Å². The summed E-state index contributed by atoms with van der Waals surface area (Å²) in [7, 11) is 0. The molecular weight excluding hydrogens is 391 g/mol. The van der Waals surface area contributed by atoms with Crippen molar-refractivity contribution in [3.8, 4) is 17.2 Å². The minimum Gasteiger partial charge on any atom is -0.493 e. The molecular formula is C22H23FN2O5. The highest BCUT2D eigenvalue weighted by Gasteiger charge is 2.20. The average molecular weight is 414 g/mol. The van der Waals surface area contributed by atoms with Crippen LogP contribution in [0.3, 0.4) is 0 Å². The molecule has 0 aliphatic heterocycles. The molecule has 0 amide bonds. The summed E-state index contributed by atoms with van der Waals surface area (Å²) in [5.74, 6) is 0.151. The average Bonchev–Trinajstić information content (AvgIpc) is 3.18. The highest BCUT2D eigenvalue weighted by Crippen LogP contribution is 2.18. The van der Waals surface area contributed by atoms with E-state index < -0.39 is 12.1 Å². The van der Waals surface area contributed by atoms with Crippen molar-refractivity contribution in [2.24, 2.45) is 0 Å². The lowest BCUT2D eigenvalue weighted by Crippen LogP contribution is -2.29. The van der Waals surface area contributed by atoms with E-state index in [2.05, 4.69) is 10.1 Å². The van der Waals surface area contributed by atoms with Crippen LogP contribution >= 0.6 is 0 Å². The molecule has 3 rings (SSSR count). The predicted octanol–water partition coefficient (Wildman–Crippen LogP) is 3.92. The first kappa shape index (κ1) is 21.4. The van der Waals surface area contributed by atoms with Gasteiger partial charge < -0.3 is 19.1 Å². The number of carboxylic acid groups (broad SMARTS) is 1. The number of carboxylic acids is 1. The van der Waals surface area contributed by atoms with Crippen molar-refractivity contribution in [2.75, 3.05) is 6.61 Å². The first-order chi connectivity index (χ1) is 14.4. The van der Waals surface area contributed by atoms with Gasteiger partial charge in [0.25, 0.3) is 5.89 Å². The van der Waals surface area contributed by atoms with Gasteiger partial charge in [-0.3, -0.25) is 0 Å². The van der Waals surface area contributed by atoms with Crippen LogP contribution in [0.4, 0.5) is 4.39 Å². The van der Waals surface area contributed by atoms with E-state index in [4.69, 9.17) is 14.0 Å². The topological polar surface area (TPSA) is 94.7 Å². The summed E-state index contributed by atoms with van der Waals surface area (Å²) in [6.07, 6.45) is -0.328. The Kier molecular flexibility index (Phi) is 7.13. The maximum absolute atomic E-state index is 13.0. The van der Waals surface area contributed by atoms with Gasteiger partial charge in [0.1, 0.15) is 11.6 Å². The molecule has 1 aromatic heterocycles. The van der Waals surface area contributed by atoms with E-state index >= 15 is 0 Å². The summed E-state index contributed by atoms with van der Waals surface area (Å²) < 4.78 is 29.3. The fourth-order valence-electron chi connectivity index (χ4n) is 2.78. The number of nitrogens with zero attached hydrogens (tertiary/aromatic N) is 2. The number of aromatic nitrogens is 2. The normalized spacial score (nSPS) is 12.1. The highest BCUT2D eigenvalue weighted by atomic mass is 19.1. The first-order valence-corrected chi connectivity index (χ1v) is 9.59. The van der Waals surface area contributed by atoms with E-state index in [-0.39, 0.29) is 18.3 Å². The highest BCUT2D eigenvalue weighted by molar-refractivity contribution is 5.72. The van der Waals surface area contributed by atoms with Crippen LogP contribution in [0.15, 0.2) is 53.1 Å². The van der Waals surface area contributed by atoms with Crippen molar-refractivity contribution in [1.82, 2.24) is 10.1 Å². The largest absolute Gasteiger partial charge is 0.493 e. The van der Waals surface area contributed by atoms with E-state index in [0.29, 0.717) is 36.1 Å². The van der Waals surface area contributed by atoms with Gasteiger partial charge in [-0.1, -0.05) is 17.3 Å². The number of carbonyl (C=O) groups is 1. The third-order valence-electron chi connectivity index (χ3n) is 4.21. The molecule has 1 atom stereocenters. The van der Waals surface area contributed by atoms with Crippen molar-refractivity contribution < 1.29 is 28.3 Å². The van der Waals surface area contributed by atoms with Crippen LogP contribution in [-0.4, -0.2) is 40.0 Å². The maximum atomic E-state index is 13.0. The minimum atomic E-state index is -0.982. The molecule has 0 aliphatic rings. The van der Waals surface area contributed by atoms with Crippen molar-refractivity contribution in [2.45, 2.75) is 38.9 Å². The molecule has 1 N–H and O–H groups in total. The van der Waals surface area contributed by atoms with Crippen molar-refractivity contribution in [3.05, 3.63) is 65.7 Å². The lowest BCUT2D eigenvalue weighted by atomic mass is 10.1. The van der Waals surface area contributed by atoms with Gasteiger partial charge in [-0.05, 0) is 55.8 Å². The van der Waals surface area contributed by atoms with Crippen LogP contribution in [0.25, 0.3) is 11.5 Å². The molecule has 1 heterocycles. The van der Waals surface area contributed by atoms with Crippen molar-refractivity contribution in [3.63, 3.8) is 0 Å². The Morgan fingerprint density at radius 1 is 1.13 bits per heavy atom. The second-order valence-corrected chi connectivity index (χ2v) is 6.98. The van der Waals surface area contributed by atoms with Crippen LogP contribution in [-0.2, 0) is 22.4 Å². The van der Waals surface area contributed by atoms with E-state index in [1.807, 2.05) is 12.1 Å². The van der Waals surface area contributed by atoms with Gasteiger partial charge in [0.05, 0.1) is 12.7 Å². The molecule has 0 bridgehead atoms. The second kappa shape index (κ2) is 9.98. The summed E-state index contributed by atoms with van der Waals surface area (Å²) in [6.45, 7) is 3.95. The van der Waals surface area contributed by atoms with E-state index in [1.54, 1.807) is 38.1 Å². The lowest BCUT2D eigenvalue weighted by molar-refractivity contribution is -0.153. The Balaban J connectivity index is 1.49. The quantitative estimate of drug-likeness (QED) is 0.537. The van der Waals surface area contributed by atoms with Crippen LogP contribution in [0.2, 0.25) is 0 Å². The maximum Gasteiger partial charge on any atom is 0.333 e. The summed E-state index contributed by atoms with van der Waals surface area (Å²) in [5, 5.41) is 13.2. The number of halogens is 1. The second-order valence-electron chi connectivity index (χ2n) is 6.98. The number of hydrogen-bond acceptors (Lipinski definition) is 6. The zero-order valence-electron chi connectivity index (χ0n) is 16.7. The molecule has 1 unspecified atom stereocenters. The Labute approximate surface area is 173 Å². The smallest absolute Gasteiger partial charge is 0.333 e.